The summed E-state index contributed by atoms with van der Waals surface area (Å²) in [6, 6.07) is 0. The Labute approximate surface area is 103 Å². The van der Waals surface area contributed by atoms with Crippen LogP contribution in [0.15, 0.2) is 9.59 Å². The summed E-state index contributed by atoms with van der Waals surface area (Å²) in [5, 5.41) is 2.01. The molecule has 10 heteroatoms. The van der Waals surface area contributed by atoms with Crippen LogP contribution in [0.25, 0.3) is 11.2 Å². The predicted octanol–water partition coefficient (Wildman–Crippen LogP) is -0.0655. The summed E-state index contributed by atoms with van der Waals surface area (Å²) in [5.41, 5.74) is -1.29. The highest BCUT2D eigenvalue weighted by Crippen LogP contribution is 2.15. The van der Waals surface area contributed by atoms with E-state index in [4.69, 9.17) is 0 Å². The Morgan fingerprint density at radius 3 is 2.47 bits per heavy atom. The zero-order chi connectivity index (χ0) is 14.4. The standard InChI is InChI=1S/C9H10F3N5O2/c1-16-5-4(6(18)17(2)8(16)19)14-7(15-5)13-3-9(10,11)12/h3H2,1-2H3,(H2,13,14,15). The van der Waals surface area contributed by atoms with Crippen LogP contribution in [0.1, 0.15) is 0 Å². The highest BCUT2D eigenvalue weighted by atomic mass is 19.4. The highest BCUT2D eigenvalue weighted by molar-refractivity contribution is 5.72. The third-order valence-electron chi connectivity index (χ3n) is 2.55. The summed E-state index contributed by atoms with van der Waals surface area (Å²) in [7, 11) is 2.65. The number of halogens is 3. The van der Waals surface area contributed by atoms with Crippen LogP contribution in [-0.2, 0) is 14.1 Å². The third-order valence-corrected chi connectivity index (χ3v) is 2.55. The van der Waals surface area contributed by atoms with Crippen molar-refractivity contribution in [2.45, 2.75) is 6.18 Å². The second kappa shape index (κ2) is 4.14. The quantitative estimate of drug-likeness (QED) is 0.805. The van der Waals surface area contributed by atoms with Crippen molar-refractivity contribution in [3.05, 3.63) is 20.8 Å². The smallest absolute Gasteiger partial charge is 0.347 e. The molecular weight excluding hydrogens is 267 g/mol. The summed E-state index contributed by atoms with van der Waals surface area (Å²) >= 11 is 0. The lowest BCUT2D eigenvalue weighted by atomic mass is 10.5. The van der Waals surface area contributed by atoms with Gasteiger partial charge in [-0.15, -0.1) is 0 Å². The van der Waals surface area contributed by atoms with E-state index in [-0.39, 0.29) is 17.1 Å². The summed E-state index contributed by atoms with van der Waals surface area (Å²) < 4.78 is 38.1. The number of nitrogens with one attached hydrogen (secondary N) is 2. The molecule has 2 aromatic rings. The Balaban J connectivity index is 2.53. The molecule has 104 valence electrons. The number of hydrogen-bond donors (Lipinski definition) is 2. The van der Waals surface area contributed by atoms with Gasteiger partial charge in [-0.25, -0.2) is 4.79 Å². The molecule has 2 rings (SSSR count). The second-order valence-electron chi connectivity index (χ2n) is 3.96. The minimum absolute atomic E-state index is 0.00206. The van der Waals surface area contributed by atoms with Crippen molar-refractivity contribution in [1.29, 1.82) is 0 Å². The van der Waals surface area contributed by atoms with E-state index in [9.17, 15) is 22.8 Å². The number of aryl methyl sites for hydroxylation is 1. The Hall–Kier alpha value is -2.26. The zero-order valence-corrected chi connectivity index (χ0v) is 10.00. The normalized spacial score (nSPS) is 12.1. The van der Waals surface area contributed by atoms with Gasteiger partial charge in [-0.05, 0) is 0 Å². The summed E-state index contributed by atoms with van der Waals surface area (Å²) in [6.45, 7) is -1.29. The van der Waals surface area contributed by atoms with Crippen molar-refractivity contribution in [1.82, 2.24) is 19.1 Å². The SMILES string of the molecule is Cn1c(=O)c2[nH]c(NCC(F)(F)F)nc2n(C)c1=O. The molecule has 0 unspecified atom stereocenters. The first-order valence-corrected chi connectivity index (χ1v) is 5.17. The van der Waals surface area contributed by atoms with Crippen LogP contribution in [0.4, 0.5) is 19.1 Å². The monoisotopic (exact) mass is 277 g/mol. The summed E-state index contributed by atoms with van der Waals surface area (Å²) in [5.74, 6) is -0.217. The highest BCUT2D eigenvalue weighted by Gasteiger charge is 2.27. The van der Waals surface area contributed by atoms with Gasteiger partial charge in [-0.2, -0.15) is 18.2 Å². The van der Waals surface area contributed by atoms with Crippen LogP contribution < -0.4 is 16.6 Å². The fourth-order valence-electron chi connectivity index (χ4n) is 1.59. The first-order chi connectivity index (χ1) is 8.70. The topological polar surface area (TPSA) is 84.7 Å². The van der Waals surface area contributed by atoms with Crippen molar-refractivity contribution < 1.29 is 13.2 Å². The lowest BCUT2D eigenvalue weighted by Gasteiger charge is -2.05. The molecule has 2 N–H and O–H groups in total. The first kappa shape index (κ1) is 13.2. The van der Waals surface area contributed by atoms with E-state index < -0.39 is 24.0 Å². The average Bonchev–Trinajstić information content (AvgIpc) is 2.75. The van der Waals surface area contributed by atoms with E-state index in [1.54, 1.807) is 0 Å². The summed E-state index contributed by atoms with van der Waals surface area (Å²) in [6.07, 6.45) is -4.41. The van der Waals surface area contributed by atoms with Gasteiger partial charge in [0.2, 0.25) is 5.95 Å². The van der Waals surface area contributed by atoms with Gasteiger partial charge in [-0.3, -0.25) is 13.9 Å². The van der Waals surface area contributed by atoms with E-state index in [1.807, 2.05) is 5.32 Å². The second-order valence-corrected chi connectivity index (χ2v) is 3.96. The Kier molecular flexibility index (Phi) is 2.87. The van der Waals surface area contributed by atoms with Crippen molar-refractivity contribution in [2.75, 3.05) is 11.9 Å². The number of rotatable bonds is 2. The van der Waals surface area contributed by atoms with Crippen molar-refractivity contribution >= 4 is 17.1 Å². The van der Waals surface area contributed by atoms with E-state index in [2.05, 4.69) is 9.97 Å². The maximum Gasteiger partial charge on any atom is 0.405 e. The lowest BCUT2D eigenvalue weighted by Crippen LogP contribution is -2.36. The molecule has 0 aliphatic rings. The predicted molar refractivity (Wildman–Crippen MR) is 61.1 cm³/mol. The Morgan fingerprint density at radius 1 is 1.26 bits per heavy atom. The van der Waals surface area contributed by atoms with E-state index in [0.717, 1.165) is 9.13 Å². The van der Waals surface area contributed by atoms with Gasteiger partial charge >= 0.3 is 11.9 Å². The molecule has 0 amide bonds. The fourth-order valence-corrected chi connectivity index (χ4v) is 1.59. The number of imidazole rings is 1. The van der Waals surface area contributed by atoms with Crippen LogP contribution in [-0.4, -0.2) is 31.8 Å². The maximum absolute atomic E-state index is 12.1. The molecular formula is C9H10F3N5O2. The van der Waals surface area contributed by atoms with Crippen molar-refractivity contribution in [3.63, 3.8) is 0 Å². The molecule has 0 aromatic carbocycles. The molecule has 0 spiro atoms. The summed E-state index contributed by atoms with van der Waals surface area (Å²) in [4.78, 5) is 29.5. The average molecular weight is 277 g/mol. The molecule has 0 aliphatic heterocycles. The number of fused-ring (bicyclic) bond motifs is 1. The van der Waals surface area contributed by atoms with Crippen molar-refractivity contribution in [2.24, 2.45) is 14.1 Å². The van der Waals surface area contributed by atoms with Gasteiger partial charge in [0, 0.05) is 14.1 Å². The van der Waals surface area contributed by atoms with Crippen LogP contribution >= 0.6 is 0 Å². The van der Waals surface area contributed by atoms with E-state index in [1.165, 1.54) is 14.1 Å². The molecule has 2 aromatic heterocycles. The number of anilines is 1. The Bertz CT molecular complexity index is 739. The van der Waals surface area contributed by atoms with E-state index >= 15 is 0 Å². The number of alkyl halides is 3. The molecule has 2 heterocycles. The fraction of sp³-hybridized carbons (Fsp3) is 0.444. The lowest BCUT2D eigenvalue weighted by molar-refractivity contribution is -0.115. The minimum atomic E-state index is -4.41. The molecule has 0 saturated carbocycles. The first-order valence-electron chi connectivity index (χ1n) is 5.17. The molecule has 0 radical (unpaired) electrons. The molecule has 0 saturated heterocycles. The van der Waals surface area contributed by atoms with Crippen LogP contribution in [0.2, 0.25) is 0 Å². The molecule has 7 nitrogen and oxygen atoms in total. The molecule has 19 heavy (non-hydrogen) atoms. The van der Waals surface area contributed by atoms with Gasteiger partial charge in [0.1, 0.15) is 6.54 Å². The number of hydrogen-bond acceptors (Lipinski definition) is 4. The van der Waals surface area contributed by atoms with Gasteiger partial charge in [0.15, 0.2) is 11.2 Å². The van der Waals surface area contributed by atoms with Gasteiger partial charge in [0.05, 0.1) is 0 Å². The molecule has 0 aliphatic carbocycles. The zero-order valence-electron chi connectivity index (χ0n) is 10.00. The number of nitrogens with zero attached hydrogens (tertiary/aromatic N) is 3. The van der Waals surface area contributed by atoms with Gasteiger partial charge in [0.25, 0.3) is 5.56 Å². The van der Waals surface area contributed by atoms with Crippen LogP contribution in [0.3, 0.4) is 0 Å². The van der Waals surface area contributed by atoms with Crippen molar-refractivity contribution in [3.8, 4) is 0 Å². The van der Waals surface area contributed by atoms with Gasteiger partial charge in [-0.1, -0.05) is 0 Å². The van der Waals surface area contributed by atoms with Crippen LogP contribution in [0, 0.1) is 0 Å². The molecule has 0 fully saturated rings. The van der Waals surface area contributed by atoms with Crippen LogP contribution in [0.5, 0.6) is 0 Å². The maximum atomic E-state index is 12.1. The molecule has 0 bridgehead atoms. The van der Waals surface area contributed by atoms with E-state index in [0.29, 0.717) is 0 Å². The number of aromatic amines is 1. The number of H-pyrrole nitrogens is 1. The minimum Gasteiger partial charge on any atom is -0.347 e. The third kappa shape index (κ3) is 2.33. The molecule has 0 atom stereocenters. The van der Waals surface area contributed by atoms with Gasteiger partial charge < -0.3 is 10.3 Å². The number of aromatic nitrogens is 4. The Morgan fingerprint density at radius 2 is 1.89 bits per heavy atom. The largest absolute Gasteiger partial charge is 0.405 e.